The Morgan fingerprint density at radius 3 is 2.36 bits per heavy atom. The van der Waals surface area contributed by atoms with Gasteiger partial charge in [0.25, 0.3) is 0 Å². The summed E-state index contributed by atoms with van der Waals surface area (Å²) in [4.78, 5) is 6.86. The summed E-state index contributed by atoms with van der Waals surface area (Å²) in [6.07, 6.45) is 1.90. The Morgan fingerprint density at radius 2 is 1.80 bits per heavy atom. The zero-order valence-corrected chi connectivity index (χ0v) is 14.4. The van der Waals surface area contributed by atoms with Gasteiger partial charge in [0.05, 0.1) is 45.4 Å². The van der Waals surface area contributed by atoms with E-state index in [2.05, 4.69) is 39.5 Å². The first-order valence-corrected chi connectivity index (χ1v) is 8.58. The molecule has 2 fully saturated rings. The Hall–Kier alpha value is -2.31. The van der Waals surface area contributed by atoms with E-state index in [-0.39, 0.29) is 5.54 Å². The van der Waals surface area contributed by atoms with Gasteiger partial charge < -0.3 is 24.4 Å². The number of anilines is 2. The van der Waals surface area contributed by atoms with Crippen LogP contribution in [0.3, 0.4) is 0 Å². The minimum absolute atomic E-state index is 0.200. The Labute approximate surface area is 147 Å². The highest BCUT2D eigenvalue weighted by molar-refractivity contribution is 5.52. The lowest BCUT2D eigenvalue weighted by molar-refractivity contribution is -0.0447. The van der Waals surface area contributed by atoms with Gasteiger partial charge in [-0.3, -0.25) is 0 Å². The van der Waals surface area contributed by atoms with Gasteiger partial charge in [0.15, 0.2) is 0 Å². The van der Waals surface area contributed by atoms with Crippen molar-refractivity contribution in [3.8, 4) is 5.75 Å². The normalized spacial score (nSPS) is 19.2. The van der Waals surface area contributed by atoms with E-state index in [1.54, 1.807) is 7.11 Å². The van der Waals surface area contributed by atoms with E-state index in [0.717, 1.165) is 43.6 Å². The van der Waals surface area contributed by atoms with Crippen LogP contribution < -0.4 is 15.0 Å². The summed E-state index contributed by atoms with van der Waals surface area (Å²) in [7, 11) is 1.68. The molecule has 1 aromatic heterocycles. The first-order valence-electron chi connectivity index (χ1n) is 8.58. The molecule has 25 heavy (non-hydrogen) atoms. The SMILES string of the molecule is COc1ccc(C2(Nc3ccc(N4CCOCC4)nc3)COC2)cc1. The third kappa shape index (κ3) is 3.27. The molecular formula is C19H23N3O3. The number of pyridine rings is 1. The number of benzene rings is 1. The highest BCUT2D eigenvalue weighted by Gasteiger charge is 2.40. The number of ether oxygens (including phenoxy) is 3. The first kappa shape index (κ1) is 16.2. The Bertz CT molecular complexity index is 693. The molecule has 0 amide bonds. The van der Waals surface area contributed by atoms with E-state index in [1.807, 2.05) is 18.3 Å². The third-order valence-electron chi connectivity index (χ3n) is 4.81. The number of nitrogens with zero attached hydrogens (tertiary/aromatic N) is 2. The lowest BCUT2D eigenvalue weighted by Gasteiger charge is -2.43. The van der Waals surface area contributed by atoms with Gasteiger partial charge in [-0.15, -0.1) is 0 Å². The van der Waals surface area contributed by atoms with Crippen LogP contribution in [0, 0.1) is 0 Å². The van der Waals surface area contributed by atoms with Crippen molar-refractivity contribution in [3.05, 3.63) is 48.2 Å². The van der Waals surface area contributed by atoms with Crippen LogP contribution in [0.25, 0.3) is 0 Å². The molecule has 1 aromatic carbocycles. The summed E-state index contributed by atoms with van der Waals surface area (Å²) >= 11 is 0. The fraction of sp³-hybridized carbons (Fsp3) is 0.421. The van der Waals surface area contributed by atoms with Crippen molar-refractivity contribution in [1.29, 1.82) is 0 Å². The smallest absolute Gasteiger partial charge is 0.128 e. The summed E-state index contributed by atoms with van der Waals surface area (Å²) < 4.78 is 16.1. The van der Waals surface area contributed by atoms with Crippen LogP contribution in [0.15, 0.2) is 42.6 Å². The quantitative estimate of drug-likeness (QED) is 0.900. The van der Waals surface area contributed by atoms with Crippen molar-refractivity contribution in [2.45, 2.75) is 5.54 Å². The second-order valence-electron chi connectivity index (χ2n) is 6.43. The van der Waals surface area contributed by atoms with Crippen molar-refractivity contribution in [1.82, 2.24) is 4.98 Å². The molecule has 6 nitrogen and oxygen atoms in total. The minimum atomic E-state index is -0.200. The topological polar surface area (TPSA) is 55.9 Å². The van der Waals surface area contributed by atoms with E-state index < -0.39 is 0 Å². The maximum atomic E-state index is 5.50. The molecule has 0 radical (unpaired) electrons. The van der Waals surface area contributed by atoms with Gasteiger partial charge in [0.2, 0.25) is 0 Å². The van der Waals surface area contributed by atoms with Crippen molar-refractivity contribution in [2.24, 2.45) is 0 Å². The number of nitrogens with one attached hydrogen (secondary N) is 1. The van der Waals surface area contributed by atoms with Crippen LogP contribution in [0.1, 0.15) is 5.56 Å². The van der Waals surface area contributed by atoms with Crippen molar-refractivity contribution in [2.75, 3.05) is 56.8 Å². The molecule has 0 aliphatic carbocycles. The standard InChI is InChI=1S/C19H23N3O3/c1-23-17-5-2-15(3-6-17)19(13-25-14-19)21-16-4-7-18(20-12-16)22-8-10-24-11-9-22/h2-7,12,21H,8-11,13-14H2,1H3. The van der Waals surface area contributed by atoms with E-state index in [1.165, 1.54) is 5.56 Å². The molecule has 0 saturated carbocycles. The average Bonchev–Trinajstić information content (AvgIpc) is 2.66. The van der Waals surface area contributed by atoms with Gasteiger partial charge in [0, 0.05) is 13.1 Å². The Morgan fingerprint density at radius 1 is 1.04 bits per heavy atom. The van der Waals surface area contributed by atoms with Crippen LogP contribution in [-0.2, 0) is 15.0 Å². The van der Waals surface area contributed by atoms with Crippen molar-refractivity contribution in [3.63, 3.8) is 0 Å². The molecule has 6 heteroatoms. The molecule has 2 saturated heterocycles. The van der Waals surface area contributed by atoms with Gasteiger partial charge in [-0.25, -0.2) is 4.98 Å². The van der Waals surface area contributed by atoms with Crippen molar-refractivity contribution >= 4 is 11.5 Å². The Balaban J connectivity index is 1.49. The summed E-state index contributed by atoms with van der Waals surface area (Å²) in [5.41, 5.74) is 1.99. The fourth-order valence-electron chi connectivity index (χ4n) is 3.24. The highest BCUT2D eigenvalue weighted by atomic mass is 16.5. The van der Waals surface area contributed by atoms with Gasteiger partial charge in [-0.05, 0) is 29.8 Å². The molecule has 2 aliphatic rings. The monoisotopic (exact) mass is 341 g/mol. The number of hydrogen-bond acceptors (Lipinski definition) is 6. The molecule has 3 heterocycles. The summed E-state index contributed by atoms with van der Waals surface area (Å²) in [5.74, 6) is 1.85. The summed E-state index contributed by atoms with van der Waals surface area (Å²) in [6, 6.07) is 12.3. The lowest BCUT2D eigenvalue weighted by atomic mass is 9.87. The second-order valence-corrected chi connectivity index (χ2v) is 6.43. The first-order chi connectivity index (χ1) is 12.3. The maximum Gasteiger partial charge on any atom is 0.128 e. The number of morpholine rings is 1. The largest absolute Gasteiger partial charge is 0.497 e. The number of aromatic nitrogens is 1. The molecule has 1 N–H and O–H groups in total. The summed E-state index contributed by atoms with van der Waals surface area (Å²) in [6.45, 7) is 4.60. The van der Waals surface area contributed by atoms with E-state index in [0.29, 0.717) is 13.2 Å². The van der Waals surface area contributed by atoms with Crippen LogP contribution in [0.5, 0.6) is 5.75 Å². The number of rotatable bonds is 5. The van der Waals surface area contributed by atoms with Gasteiger partial charge in [-0.1, -0.05) is 12.1 Å². The van der Waals surface area contributed by atoms with Gasteiger partial charge in [0.1, 0.15) is 17.1 Å². The van der Waals surface area contributed by atoms with Gasteiger partial charge >= 0.3 is 0 Å². The van der Waals surface area contributed by atoms with Gasteiger partial charge in [-0.2, -0.15) is 0 Å². The van der Waals surface area contributed by atoms with Crippen LogP contribution >= 0.6 is 0 Å². The number of hydrogen-bond donors (Lipinski definition) is 1. The Kier molecular flexibility index (Phi) is 4.46. The maximum absolute atomic E-state index is 5.50. The van der Waals surface area contributed by atoms with Crippen molar-refractivity contribution < 1.29 is 14.2 Å². The van der Waals surface area contributed by atoms with Crippen LogP contribution in [0.4, 0.5) is 11.5 Å². The van der Waals surface area contributed by atoms with Crippen LogP contribution in [0.2, 0.25) is 0 Å². The lowest BCUT2D eigenvalue weighted by Crippen LogP contribution is -2.52. The molecule has 0 atom stereocenters. The minimum Gasteiger partial charge on any atom is -0.497 e. The zero-order chi connectivity index (χ0) is 17.1. The van der Waals surface area contributed by atoms with E-state index in [4.69, 9.17) is 14.2 Å². The molecule has 4 rings (SSSR count). The average molecular weight is 341 g/mol. The molecule has 132 valence electrons. The van der Waals surface area contributed by atoms with E-state index in [9.17, 15) is 0 Å². The number of methoxy groups -OCH3 is 1. The molecule has 0 spiro atoms. The van der Waals surface area contributed by atoms with E-state index >= 15 is 0 Å². The third-order valence-corrected chi connectivity index (χ3v) is 4.81. The summed E-state index contributed by atoms with van der Waals surface area (Å²) in [5, 5.41) is 3.60. The molecule has 0 unspecified atom stereocenters. The fourth-order valence-corrected chi connectivity index (χ4v) is 3.24. The predicted octanol–water partition coefficient (Wildman–Crippen LogP) is 2.26. The highest BCUT2D eigenvalue weighted by Crippen LogP contribution is 2.34. The molecule has 2 aliphatic heterocycles. The molecule has 2 aromatic rings. The second kappa shape index (κ2) is 6.90. The zero-order valence-electron chi connectivity index (χ0n) is 14.4. The predicted molar refractivity (Wildman–Crippen MR) is 96.4 cm³/mol. The van der Waals surface area contributed by atoms with Crippen LogP contribution in [-0.4, -0.2) is 51.6 Å². The molecular weight excluding hydrogens is 318 g/mol. The molecule has 0 bridgehead atoms.